The van der Waals surface area contributed by atoms with Crippen molar-refractivity contribution in [2.75, 3.05) is 6.54 Å². The number of alkyl halides is 3. The molecule has 0 aromatic heterocycles. The maximum Gasteiger partial charge on any atom is 0.451 e. The maximum absolute atomic E-state index is 13.7. The molecule has 0 saturated carbocycles. The molecule has 1 aliphatic heterocycles. The van der Waals surface area contributed by atoms with Gasteiger partial charge in [-0.2, -0.15) is 13.2 Å². The smallest absolute Gasteiger partial charge is 0.420 e. The summed E-state index contributed by atoms with van der Waals surface area (Å²) >= 11 is 5.78. The van der Waals surface area contributed by atoms with Gasteiger partial charge in [0.05, 0.1) is 10.6 Å². The normalized spacial score (nSPS) is 16.1. The molecule has 1 saturated heterocycles. The number of esters is 1. The van der Waals surface area contributed by atoms with Crippen LogP contribution in [0.5, 0.6) is 0 Å². The molecule has 1 aliphatic rings. The highest BCUT2D eigenvalue weighted by atomic mass is 35.5. The largest absolute Gasteiger partial charge is 0.451 e. The number of likely N-dealkylation sites (tertiary alicyclic amines) is 1. The van der Waals surface area contributed by atoms with Gasteiger partial charge >= 0.3 is 12.1 Å². The van der Waals surface area contributed by atoms with Gasteiger partial charge in [-0.3, -0.25) is 24.0 Å². The molecule has 0 unspecified atom stereocenters. The van der Waals surface area contributed by atoms with Crippen molar-refractivity contribution in [2.24, 2.45) is 11.8 Å². The van der Waals surface area contributed by atoms with Crippen molar-refractivity contribution in [3.8, 4) is 0 Å². The Morgan fingerprint density at radius 1 is 0.918 bits per heavy atom. The second-order valence-electron chi connectivity index (χ2n) is 11.8. The Morgan fingerprint density at radius 2 is 1.47 bits per heavy atom. The van der Waals surface area contributed by atoms with E-state index in [1.54, 1.807) is 13.8 Å². The number of nitrogens with one attached hydrogen (secondary N) is 3. The molecule has 4 amide bonds. The SMILES string of the molecule is CC(=O)OC(=C(NC(=O)[C@@H]1CCCN1C(=O)[C@@H](NC(=O)c1ccc(C(=O)NS(=O)(=O)c2ccc(Cl)cc2)cc1)C(C)C)C(C)C)C(F)(F)F. The zero-order valence-electron chi connectivity index (χ0n) is 27.2. The summed E-state index contributed by atoms with van der Waals surface area (Å²) in [5.41, 5.74) is -0.711. The number of halogens is 4. The Morgan fingerprint density at radius 3 is 1.96 bits per heavy atom. The van der Waals surface area contributed by atoms with Gasteiger partial charge in [0.1, 0.15) is 12.1 Å². The Kier molecular flexibility index (Phi) is 12.6. The van der Waals surface area contributed by atoms with Crippen LogP contribution in [-0.2, 0) is 29.1 Å². The molecule has 0 aliphatic carbocycles. The molecule has 2 atom stereocenters. The molecule has 0 bridgehead atoms. The van der Waals surface area contributed by atoms with Crippen molar-refractivity contribution in [2.45, 2.75) is 70.6 Å². The second kappa shape index (κ2) is 15.8. The first-order valence-corrected chi connectivity index (χ1v) is 16.9. The van der Waals surface area contributed by atoms with Crippen LogP contribution >= 0.6 is 11.6 Å². The quantitative estimate of drug-likeness (QED) is 0.227. The summed E-state index contributed by atoms with van der Waals surface area (Å²) in [5, 5.41) is 5.14. The van der Waals surface area contributed by atoms with E-state index in [1.165, 1.54) is 67.3 Å². The van der Waals surface area contributed by atoms with Crippen molar-refractivity contribution in [1.29, 1.82) is 0 Å². The third-order valence-electron chi connectivity index (χ3n) is 7.40. The fourth-order valence-electron chi connectivity index (χ4n) is 4.94. The number of nitrogens with zero attached hydrogens (tertiary/aromatic N) is 1. The molecular formula is C32H36ClF3N4O8S. The minimum atomic E-state index is -5.09. The second-order valence-corrected chi connectivity index (χ2v) is 13.9. The Labute approximate surface area is 286 Å². The summed E-state index contributed by atoms with van der Waals surface area (Å²) < 4.78 is 72.7. The number of carbonyl (C=O) groups is 5. The number of hydrogen-bond acceptors (Lipinski definition) is 8. The van der Waals surface area contributed by atoms with Crippen LogP contribution in [0.3, 0.4) is 0 Å². The molecule has 2 aromatic carbocycles. The number of hydrogen-bond donors (Lipinski definition) is 3. The molecule has 2 aromatic rings. The summed E-state index contributed by atoms with van der Waals surface area (Å²) in [6, 6.07) is 7.79. The first-order valence-electron chi connectivity index (χ1n) is 15.1. The van der Waals surface area contributed by atoms with Gasteiger partial charge in [0.15, 0.2) is 0 Å². The molecule has 0 spiro atoms. The molecule has 49 heavy (non-hydrogen) atoms. The number of benzene rings is 2. The third-order valence-corrected chi connectivity index (χ3v) is 9.00. The van der Waals surface area contributed by atoms with Crippen molar-refractivity contribution in [3.05, 3.63) is 76.1 Å². The molecule has 266 valence electrons. The molecule has 17 heteroatoms. The minimum absolute atomic E-state index is 0.0307. The van der Waals surface area contributed by atoms with Crippen LogP contribution in [0.2, 0.25) is 5.02 Å². The highest BCUT2D eigenvalue weighted by Gasteiger charge is 2.43. The van der Waals surface area contributed by atoms with Crippen LogP contribution in [0.1, 0.15) is 68.2 Å². The zero-order valence-corrected chi connectivity index (χ0v) is 28.8. The van der Waals surface area contributed by atoms with Crippen LogP contribution in [-0.4, -0.2) is 67.7 Å². The summed E-state index contributed by atoms with van der Waals surface area (Å²) in [7, 11) is -4.21. The number of allylic oxidation sites excluding steroid dienone is 2. The van der Waals surface area contributed by atoms with Crippen LogP contribution in [0.25, 0.3) is 0 Å². The van der Waals surface area contributed by atoms with Crippen molar-refractivity contribution >= 4 is 51.2 Å². The number of ether oxygens (including phenoxy) is 1. The zero-order chi connectivity index (χ0) is 36.8. The van der Waals surface area contributed by atoms with Gasteiger partial charge in [0.25, 0.3) is 21.8 Å². The number of sulfonamides is 1. The highest BCUT2D eigenvalue weighted by molar-refractivity contribution is 7.90. The summed E-state index contributed by atoms with van der Waals surface area (Å²) in [5.74, 6) is -7.52. The predicted molar refractivity (Wildman–Crippen MR) is 171 cm³/mol. The van der Waals surface area contributed by atoms with Gasteiger partial charge < -0.3 is 20.3 Å². The van der Waals surface area contributed by atoms with E-state index in [4.69, 9.17) is 11.6 Å². The van der Waals surface area contributed by atoms with Gasteiger partial charge in [-0.1, -0.05) is 39.3 Å². The molecule has 1 heterocycles. The summed E-state index contributed by atoms with van der Waals surface area (Å²) in [6.07, 6.45) is -4.60. The topological polar surface area (TPSA) is 168 Å². The van der Waals surface area contributed by atoms with E-state index in [-0.39, 0.29) is 29.0 Å². The van der Waals surface area contributed by atoms with Gasteiger partial charge in [-0.05, 0) is 73.2 Å². The molecule has 0 radical (unpaired) electrons. The van der Waals surface area contributed by atoms with Crippen molar-refractivity contribution < 1.29 is 50.3 Å². The lowest BCUT2D eigenvalue weighted by Gasteiger charge is -2.31. The molecular weight excluding hydrogens is 693 g/mol. The highest BCUT2D eigenvalue weighted by Crippen LogP contribution is 2.32. The van der Waals surface area contributed by atoms with Crippen LogP contribution in [0, 0.1) is 11.8 Å². The average molecular weight is 729 g/mol. The van der Waals surface area contributed by atoms with Crippen LogP contribution in [0.4, 0.5) is 13.2 Å². The fourth-order valence-corrected chi connectivity index (χ4v) is 6.04. The Hall–Kier alpha value is -4.44. The van der Waals surface area contributed by atoms with E-state index in [1.807, 2.05) is 4.72 Å². The van der Waals surface area contributed by atoms with E-state index >= 15 is 0 Å². The lowest BCUT2D eigenvalue weighted by Crippen LogP contribution is -2.55. The monoisotopic (exact) mass is 728 g/mol. The van der Waals surface area contributed by atoms with E-state index < -0.39 is 81.2 Å². The van der Waals surface area contributed by atoms with Crippen molar-refractivity contribution in [1.82, 2.24) is 20.3 Å². The predicted octanol–water partition coefficient (Wildman–Crippen LogP) is 4.31. The number of carbonyl (C=O) groups excluding carboxylic acids is 5. The fraction of sp³-hybridized carbons (Fsp3) is 0.406. The minimum Gasteiger partial charge on any atom is -0.420 e. The molecule has 12 nitrogen and oxygen atoms in total. The molecule has 3 N–H and O–H groups in total. The Balaban J connectivity index is 1.75. The summed E-state index contributed by atoms with van der Waals surface area (Å²) in [6.45, 7) is 6.93. The van der Waals surface area contributed by atoms with Gasteiger partial charge in [0, 0.05) is 29.6 Å². The van der Waals surface area contributed by atoms with E-state index in [2.05, 4.69) is 15.4 Å². The van der Waals surface area contributed by atoms with E-state index in [0.717, 1.165) is 6.92 Å². The summed E-state index contributed by atoms with van der Waals surface area (Å²) in [4.78, 5) is 65.2. The number of rotatable bonds is 11. The van der Waals surface area contributed by atoms with Gasteiger partial charge in [0.2, 0.25) is 17.6 Å². The standard InChI is InChI=1S/C32H36ClF3N4O8S/c1-17(2)25(27(32(34,35)36)48-19(5)41)37-30(44)24-7-6-16-40(24)31(45)26(18(3)4)38-28(42)20-8-10-21(11-9-20)29(43)39-49(46,47)23-14-12-22(33)13-15-23/h8-15,17-18,24,26H,6-7,16H2,1-5H3,(H,37,44)(H,38,42)(H,39,43)/t24-,26-/m0/s1. The molecule has 1 fully saturated rings. The third kappa shape index (κ3) is 10.0. The van der Waals surface area contributed by atoms with Crippen LogP contribution in [0.15, 0.2) is 64.9 Å². The first kappa shape index (κ1) is 39.0. The van der Waals surface area contributed by atoms with Gasteiger partial charge in [-0.25, -0.2) is 13.1 Å². The van der Waals surface area contributed by atoms with E-state index in [9.17, 15) is 45.6 Å². The van der Waals surface area contributed by atoms with Gasteiger partial charge in [-0.15, -0.1) is 0 Å². The molecule has 3 rings (SSSR count). The van der Waals surface area contributed by atoms with E-state index in [0.29, 0.717) is 11.4 Å². The average Bonchev–Trinajstić information content (AvgIpc) is 3.50. The Bertz CT molecular complexity index is 1730. The number of amides is 4. The lowest BCUT2D eigenvalue weighted by molar-refractivity contribution is -0.159. The van der Waals surface area contributed by atoms with Crippen molar-refractivity contribution in [3.63, 3.8) is 0 Å². The maximum atomic E-state index is 13.7. The first-order chi connectivity index (χ1) is 22.7. The lowest BCUT2D eigenvalue weighted by atomic mass is 10.0. The van der Waals surface area contributed by atoms with Crippen LogP contribution < -0.4 is 15.4 Å².